The predicted molar refractivity (Wildman–Crippen MR) is 236 cm³/mol. The standard InChI is InChI=1S/C12H24N2O2.C11H22N2O2.C10H20N2O3.C10H20N2O2/c1-11(2)10-16-12(15)13-6-5-9-14-7-3-4-8-14;1-10(2)9-15-11(14)12-5-8-13-6-3-4-7-13;13-8-9-15-10(14)11-4-3-7-12-5-1-2-6-12;1-2-9-14-10(13)11-5-8-12-6-3-4-7-12/h11H,3-10H2,1-2H3,(H,13,15);10H,3-9H2,1-2H3,(H,12,14);13H,1-9H2,(H,11,14);2-9H2,1H3,(H,11,13). The van der Waals surface area contributed by atoms with E-state index in [0.717, 1.165) is 45.4 Å². The molecule has 60 heavy (non-hydrogen) atoms. The minimum absolute atomic E-state index is 0.0674. The van der Waals surface area contributed by atoms with Gasteiger partial charge in [-0.05, 0) is 148 Å². The molecule has 4 aliphatic rings. The van der Waals surface area contributed by atoms with Crippen molar-refractivity contribution < 1.29 is 43.2 Å². The SMILES string of the molecule is CC(C)COC(=O)NCCCN1CCCC1.CC(C)COC(=O)NCCN1CCCC1.CCCOC(=O)NCCN1CCCC1.O=C(NCCCN1CCCC1)OCCO. The van der Waals surface area contributed by atoms with Crippen molar-refractivity contribution in [2.45, 2.75) is 105 Å². The third-order valence-corrected chi connectivity index (χ3v) is 9.89. The zero-order valence-corrected chi connectivity index (χ0v) is 38.3. The van der Waals surface area contributed by atoms with Crippen LogP contribution in [0.2, 0.25) is 0 Å². The van der Waals surface area contributed by atoms with E-state index in [4.69, 9.17) is 19.3 Å². The van der Waals surface area contributed by atoms with Crippen LogP contribution in [0, 0.1) is 11.8 Å². The summed E-state index contributed by atoms with van der Waals surface area (Å²) in [7, 11) is 0. The molecule has 4 saturated heterocycles. The van der Waals surface area contributed by atoms with Crippen LogP contribution in [0.5, 0.6) is 0 Å². The summed E-state index contributed by atoms with van der Waals surface area (Å²) in [5.41, 5.74) is 0. The summed E-state index contributed by atoms with van der Waals surface area (Å²) in [6, 6.07) is 0. The van der Waals surface area contributed by atoms with Crippen LogP contribution in [0.1, 0.15) is 105 Å². The zero-order valence-electron chi connectivity index (χ0n) is 38.3. The Labute approximate surface area is 362 Å². The van der Waals surface area contributed by atoms with Crippen LogP contribution in [0.15, 0.2) is 0 Å². The molecule has 0 aromatic heterocycles. The average molecular weight is 859 g/mol. The van der Waals surface area contributed by atoms with Crippen molar-refractivity contribution in [2.24, 2.45) is 11.8 Å². The second-order valence-corrected chi connectivity index (χ2v) is 16.6. The van der Waals surface area contributed by atoms with E-state index in [9.17, 15) is 19.2 Å². The largest absolute Gasteiger partial charge is 0.450 e. The van der Waals surface area contributed by atoms with Crippen molar-refractivity contribution in [3.8, 4) is 0 Å². The molecule has 4 aliphatic heterocycles. The number of rotatable bonds is 22. The Morgan fingerprint density at radius 2 is 0.767 bits per heavy atom. The number of amides is 4. The van der Waals surface area contributed by atoms with Gasteiger partial charge in [-0.15, -0.1) is 0 Å². The Kier molecular flexibility index (Phi) is 34.4. The summed E-state index contributed by atoms with van der Waals surface area (Å²) in [5, 5.41) is 19.3. The molecule has 0 radical (unpaired) electrons. The highest BCUT2D eigenvalue weighted by molar-refractivity contribution is 5.68. The number of aliphatic hydroxyl groups is 1. The third kappa shape index (κ3) is 33.6. The highest BCUT2D eigenvalue weighted by atomic mass is 16.6. The van der Waals surface area contributed by atoms with Crippen molar-refractivity contribution in [2.75, 3.05) is 138 Å². The maximum absolute atomic E-state index is 11.2. The molecule has 4 fully saturated rings. The Hall–Kier alpha value is -3.12. The van der Waals surface area contributed by atoms with E-state index in [1.54, 1.807) is 0 Å². The summed E-state index contributed by atoms with van der Waals surface area (Å²) in [6.07, 6.45) is 11.9. The van der Waals surface area contributed by atoms with Gasteiger partial charge in [0, 0.05) is 39.3 Å². The Morgan fingerprint density at radius 3 is 1.08 bits per heavy atom. The first kappa shape index (κ1) is 54.9. The van der Waals surface area contributed by atoms with Crippen molar-refractivity contribution in [3.05, 3.63) is 0 Å². The second-order valence-electron chi connectivity index (χ2n) is 16.6. The molecule has 4 heterocycles. The van der Waals surface area contributed by atoms with E-state index in [1.165, 1.54) is 104 Å². The molecule has 0 spiro atoms. The Balaban J connectivity index is 0.000000400. The average Bonchev–Trinajstić information content (AvgIpc) is 4.09. The number of aliphatic hydroxyl groups excluding tert-OH is 1. The number of hydrogen-bond donors (Lipinski definition) is 5. The van der Waals surface area contributed by atoms with Gasteiger partial charge in [0.25, 0.3) is 0 Å². The number of nitrogens with one attached hydrogen (secondary N) is 4. The van der Waals surface area contributed by atoms with Crippen LogP contribution >= 0.6 is 0 Å². The number of hydrogen-bond acceptors (Lipinski definition) is 13. The molecule has 352 valence electrons. The Bertz CT molecular complexity index is 1070. The maximum Gasteiger partial charge on any atom is 0.407 e. The lowest BCUT2D eigenvalue weighted by molar-refractivity contribution is 0.119. The number of carbonyl (C=O) groups is 4. The van der Waals surface area contributed by atoms with Gasteiger partial charge < -0.3 is 64.9 Å². The molecule has 0 unspecified atom stereocenters. The molecule has 0 aliphatic carbocycles. The highest BCUT2D eigenvalue weighted by Crippen LogP contribution is 2.09. The molecule has 0 atom stereocenters. The molecule has 0 saturated carbocycles. The van der Waals surface area contributed by atoms with Crippen LogP contribution in [0.3, 0.4) is 0 Å². The maximum atomic E-state index is 11.2. The van der Waals surface area contributed by atoms with E-state index >= 15 is 0 Å². The van der Waals surface area contributed by atoms with Gasteiger partial charge in [-0.1, -0.05) is 34.6 Å². The van der Waals surface area contributed by atoms with Gasteiger partial charge in [0.1, 0.15) is 6.61 Å². The van der Waals surface area contributed by atoms with Gasteiger partial charge in [0.2, 0.25) is 0 Å². The van der Waals surface area contributed by atoms with Gasteiger partial charge in [-0.2, -0.15) is 0 Å². The summed E-state index contributed by atoms with van der Waals surface area (Å²) in [6.45, 7) is 27.8. The smallest absolute Gasteiger partial charge is 0.407 e. The van der Waals surface area contributed by atoms with E-state index in [2.05, 4.69) is 45.6 Å². The fraction of sp³-hybridized carbons (Fsp3) is 0.907. The van der Waals surface area contributed by atoms with Crippen molar-refractivity contribution in [3.63, 3.8) is 0 Å². The van der Waals surface area contributed by atoms with E-state index in [1.807, 2.05) is 34.6 Å². The van der Waals surface area contributed by atoms with Crippen molar-refractivity contribution in [1.29, 1.82) is 0 Å². The molecular weight excluding hydrogens is 773 g/mol. The molecule has 5 N–H and O–H groups in total. The van der Waals surface area contributed by atoms with Gasteiger partial charge >= 0.3 is 24.4 Å². The molecule has 17 heteroatoms. The van der Waals surface area contributed by atoms with E-state index in [0.29, 0.717) is 57.8 Å². The number of alkyl carbamates (subject to hydrolysis) is 4. The van der Waals surface area contributed by atoms with Gasteiger partial charge in [-0.25, -0.2) is 19.2 Å². The van der Waals surface area contributed by atoms with Crippen LogP contribution in [0.4, 0.5) is 19.2 Å². The number of likely N-dealkylation sites (tertiary alicyclic amines) is 4. The summed E-state index contributed by atoms with van der Waals surface area (Å²) in [5.74, 6) is 0.796. The van der Waals surface area contributed by atoms with Gasteiger partial charge in [0.05, 0.1) is 26.4 Å². The van der Waals surface area contributed by atoms with Crippen molar-refractivity contribution >= 4 is 24.4 Å². The fourth-order valence-corrected chi connectivity index (χ4v) is 6.67. The molecule has 0 aromatic rings. The monoisotopic (exact) mass is 859 g/mol. The molecule has 0 aromatic carbocycles. The molecular formula is C43H86N8O9. The quantitative estimate of drug-likeness (QED) is 0.0745. The minimum Gasteiger partial charge on any atom is -0.450 e. The number of ether oxygens (including phenoxy) is 4. The summed E-state index contributed by atoms with van der Waals surface area (Å²) >= 11 is 0. The first-order chi connectivity index (χ1) is 29.0. The van der Waals surface area contributed by atoms with Crippen LogP contribution in [-0.2, 0) is 18.9 Å². The molecule has 17 nitrogen and oxygen atoms in total. The third-order valence-electron chi connectivity index (χ3n) is 9.89. The zero-order chi connectivity index (χ0) is 44.1. The topological polar surface area (TPSA) is 187 Å². The van der Waals surface area contributed by atoms with Crippen LogP contribution < -0.4 is 21.3 Å². The number of nitrogens with zero attached hydrogens (tertiary/aromatic N) is 4. The van der Waals surface area contributed by atoms with E-state index in [-0.39, 0.29) is 31.5 Å². The first-order valence-electron chi connectivity index (χ1n) is 23.1. The number of carbonyl (C=O) groups excluding carboxylic acids is 4. The van der Waals surface area contributed by atoms with Gasteiger partial charge in [0.15, 0.2) is 0 Å². The molecule has 0 bridgehead atoms. The van der Waals surface area contributed by atoms with Crippen LogP contribution in [0.25, 0.3) is 0 Å². The first-order valence-corrected chi connectivity index (χ1v) is 23.1. The fourth-order valence-electron chi connectivity index (χ4n) is 6.67. The minimum atomic E-state index is -0.439. The Morgan fingerprint density at radius 1 is 0.467 bits per heavy atom. The van der Waals surface area contributed by atoms with Gasteiger partial charge in [-0.3, -0.25) is 0 Å². The second kappa shape index (κ2) is 37.6. The summed E-state index contributed by atoms with van der Waals surface area (Å²) < 4.78 is 19.5. The lowest BCUT2D eigenvalue weighted by atomic mass is 10.2. The van der Waals surface area contributed by atoms with Crippen LogP contribution in [-0.4, -0.2) is 187 Å². The normalized spacial score (nSPS) is 16.8. The van der Waals surface area contributed by atoms with E-state index < -0.39 is 6.09 Å². The lowest BCUT2D eigenvalue weighted by Gasteiger charge is -2.14. The predicted octanol–water partition coefficient (Wildman–Crippen LogP) is 4.73. The molecule has 4 rings (SSSR count). The highest BCUT2D eigenvalue weighted by Gasteiger charge is 2.14. The lowest BCUT2D eigenvalue weighted by Crippen LogP contribution is -2.34. The molecule has 4 amide bonds. The summed E-state index contributed by atoms with van der Waals surface area (Å²) in [4.78, 5) is 53.9. The van der Waals surface area contributed by atoms with Crippen molar-refractivity contribution in [1.82, 2.24) is 40.9 Å².